The maximum absolute atomic E-state index is 11.9. The van der Waals surface area contributed by atoms with Crippen LogP contribution in [0, 0.1) is 5.92 Å². The molecule has 20 heavy (non-hydrogen) atoms. The first-order valence-electron chi connectivity index (χ1n) is 6.45. The molecule has 0 radical (unpaired) electrons. The summed E-state index contributed by atoms with van der Waals surface area (Å²) in [6.45, 7) is 6.00. The summed E-state index contributed by atoms with van der Waals surface area (Å²) in [7, 11) is 0. The second-order valence-electron chi connectivity index (χ2n) is 4.85. The monoisotopic (exact) mass is 298 g/mol. The molecule has 0 bridgehead atoms. The third-order valence-corrected chi connectivity index (χ3v) is 3.26. The van der Waals surface area contributed by atoms with E-state index in [2.05, 4.69) is 10.6 Å². The highest BCUT2D eigenvalue weighted by Crippen LogP contribution is 2.21. The minimum atomic E-state index is -1.12. The average molecular weight is 299 g/mol. The molecular formula is C14H19ClN2O3. The predicted molar refractivity (Wildman–Crippen MR) is 79.5 cm³/mol. The standard InChI is InChI=1S/C14H19ClN2O3/c1-4-11(8(2)3)16-14(20)17-12-7-9(15)5-6-10(12)13(18)19/h5-8,11H,4H2,1-3H3,(H,18,19)(H2,16,17,20). The van der Waals surface area contributed by atoms with Crippen molar-refractivity contribution < 1.29 is 14.7 Å². The molecule has 6 heteroatoms. The Balaban J connectivity index is 2.85. The third-order valence-electron chi connectivity index (χ3n) is 3.02. The molecule has 1 rings (SSSR count). The van der Waals surface area contributed by atoms with Gasteiger partial charge in [-0.3, -0.25) is 0 Å². The minimum absolute atomic E-state index is 0.00199. The van der Waals surface area contributed by atoms with Crippen LogP contribution in [-0.4, -0.2) is 23.1 Å². The van der Waals surface area contributed by atoms with Gasteiger partial charge in [0.25, 0.3) is 0 Å². The summed E-state index contributed by atoms with van der Waals surface area (Å²) in [5, 5.41) is 14.8. The molecule has 0 aliphatic rings. The van der Waals surface area contributed by atoms with Crippen molar-refractivity contribution >= 4 is 29.3 Å². The van der Waals surface area contributed by atoms with E-state index in [9.17, 15) is 9.59 Å². The Bertz CT molecular complexity index is 503. The van der Waals surface area contributed by atoms with Gasteiger partial charge < -0.3 is 15.7 Å². The minimum Gasteiger partial charge on any atom is -0.478 e. The van der Waals surface area contributed by atoms with Gasteiger partial charge in [0.2, 0.25) is 0 Å². The van der Waals surface area contributed by atoms with Crippen molar-refractivity contribution in [2.75, 3.05) is 5.32 Å². The number of amides is 2. The molecule has 0 saturated carbocycles. The SMILES string of the molecule is CCC(NC(=O)Nc1cc(Cl)ccc1C(=O)O)C(C)C. The van der Waals surface area contributed by atoms with E-state index < -0.39 is 12.0 Å². The van der Waals surface area contributed by atoms with Crippen molar-refractivity contribution in [3.05, 3.63) is 28.8 Å². The summed E-state index contributed by atoms with van der Waals surface area (Å²) in [6, 6.07) is 3.84. The lowest BCUT2D eigenvalue weighted by molar-refractivity contribution is 0.0698. The molecule has 1 aromatic rings. The summed E-state index contributed by atoms with van der Waals surface area (Å²) in [5.41, 5.74) is 0.184. The van der Waals surface area contributed by atoms with E-state index in [0.717, 1.165) is 6.42 Å². The molecule has 3 N–H and O–H groups in total. The number of carbonyl (C=O) groups is 2. The number of anilines is 1. The van der Waals surface area contributed by atoms with Crippen LogP contribution in [0.1, 0.15) is 37.6 Å². The van der Waals surface area contributed by atoms with Gasteiger partial charge in [0.15, 0.2) is 0 Å². The third kappa shape index (κ3) is 4.42. The van der Waals surface area contributed by atoms with Crippen LogP contribution >= 0.6 is 11.6 Å². The second-order valence-corrected chi connectivity index (χ2v) is 5.29. The van der Waals surface area contributed by atoms with Crippen molar-refractivity contribution in [3.63, 3.8) is 0 Å². The number of nitrogens with one attached hydrogen (secondary N) is 2. The molecule has 110 valence electrons. The van der Waals surface area contributed by atoms with E-state index in [1.54, 1.807) is 0 Å². The Hall–Kier alpha value is -1.75. The maximum atomic E-state index is 11.9. The van der Waals surface area contributed by atoms with Crippen LogP contribution in [0.15, 0.2) is 18.2 Å². The van der Waals surface area contributed by atoms with E-state index in [4.69, 9.17) is 16.7 Å². The summed E-state index contributed by atoms with van der Waals surface area (Å²) < 4.78 is 0. The first-order chi connectivity index (χ1) is 9.35. The second kappa shape index (κ2) is 7.14. The lowest BCUT2D eigenvalue weighted by Crippen LogP contribution is -2.40. The van der Waals surface area contributed by atoms with E-state index in [0.29, 0.717) is 10.9 Å². The Labute approximate surface area is 123 Å². The van der Waals surface area contributed by atoms with E-state index >= 15 is 0 Å². The number of carboxylic acid groups (broad SMARTS) is 1. The number of urea groups is 1. The fourth-order valence-electron chi connectivity index (χ4n) is 1.87. The molecule has 0 fully saturated rings. The number of halogens is 1. The normalized spacial score (nSPS) is 12.1. The number of carbonyl (C=O) groups excluding carboxylic acids is 1. The van der Waals surface area contributed by atoms with Crippen LogP contribution in [0.2, 0.25) is 5.02 Å². The Kier molecular flexibility index (Phi) is 5.82. The summed E-state index contributed by atoms with van der Waals surface area (Å²) >= 11 is 5.82. The van der Waals surface area contributed by atoms with Gasteiger partial charge in [-0.25, -0.2) is 9.59 Å². The number of hydrogen-bond donors (Lipinski definition) is 3. The van der Waals surface area contributed by atoms with E-state index in [1.807, 2.05) is 20.8 Å². The van der Waals surface area contributed by atoms with Crippen LogP contribution in [0.5, 0.6) is 0 Å². The van der Waals surface area contributed by atoms with E-state index in [1.165, 1.54) is 18.2 Å². The lowest BCUT2D eigenvalue weighted by Gasteiger charge is -2.21. The molecule has 0 spiro atoms. The summed E-state index contributed by atoms with van der Waals surface area (Å²) in [4.78, 5) is 23.0. The topological polar surface area (TPSA) is 78.4 Å². The molecule has 5 nitrogen and oxygen atoms in total. The fraction of sp³-hybridized carbons (Fsp3) is 0.429. The van der Waals surface area contributed by atoms with Crippen molar-refractivity contribution in [1.29, 1.82) is 0 Å². The van der Waals surface area contributed by atoms with Gasteiger partial charge in [-0.05, 0) is 30.5 Å². The summed E-state index contributed by atoms with van der Waals surface area (Å²) in [5.74, 6) is -0.822. The lowest BCUT2D eigenvalue weighted by atomic mass is 10.0. The van der Waals surface area contributed by atoms with Crippen LogP contribution in [0.3, 0.4) is 0 Å². The Morgan fingerprint density at radius 2 is 2.00 bits per heavy atom. The predicted octanol–water partition coefficient (Wildman–Crippen LogP) is 3.59. The van der Waals surface area contributed by atoms with Crippen molar-refractivity contribution in [2.24, 2.45) is 5.92 Å². The van der Waals surface area contributed by atoms with Crippen LogP contribution in [0.4, 0.5) is 10.5 Å². The molecule has 2 amide bonds. The zero-order chi connectivity index (χ0) is 15.3. The van der Waals surface area contributed by atoms with Crippen LogP contribution < -0.4 is 10.6 Å². The van der Waals surface area contributed by atoms with E-state index in [-0.39, 0.29) is 17.3 Å². The number of rotatable bonds is 5. The maximum Gasteiger partial charge on any atom is 0.337 e. The van der Waals surface area contributed by atoms with Crippen LogP contribution in [0.25, 0.3) is 0 Å². The van der Waals surface area contributed by atoms with Gasteiger partial charge in [-0.2, -0.15) is 0 Å². The van der Waals surface area contributed by atoms with Crippen LogP contribution in [-0.2, 0) is 0 Å². The number of aromatic carboxylic acids is 1. The highest BCUT2D eigenvalue weighted by atomic mass is 35.5. The number of carboxylic acids is 1. The molecule has 1 atom stereocenters. The smallest absolute Gasteiger partial charge is 0.337 e. The van der Waals surface area contributed by atoms with Gasteiger partial charge >= 0.3 is 12.0 Å². The summed E-state index contributed by atoms with van der Waals surface area (Å²) in [6.07, 6.45) is 0.798. The Morgan fingerprint density at radius 1 is 1.35 bits per heavy atom. The van der Waals surface area contributed by atoms with Gasteiger partial charge in [0, 0.05) is 11.1 Å². The molecule has 0 saturated heterocycles. The molecule has 0 aliphatic heterocycles. The average Bonchev–Trinajstić information content (AvgIpc) is 2.35. The first-order valence-corrected chi connectivity index (χ1v) is 6.83. The van der Waals surface area contributed by atoms with Crippen molar-refractivity contribution in [3.8, 4) is 0 Å². The zero-order valence-electron chi connectivity index (χ0n) is 11.7. The highest BCUT2D eigenvalue weighted by molar-refractivity contribution is 6.31. The first kappa shape index (κ1) is 16.3. The van der Waals surface area contributed by atoms with Crippen molar-refractivity contribution in [1.82, 2.24) is 5.32 Å². The fourth-order valence-corrected chi connectivity index (χ4v) is 2.05. The highest BCUT2D eigenvalue weighted by Gasteiger charge is 2.16. The molecule has 0 aliphatic carbocycles. The molecule has 1 aromatic carbocycles. The number of benzene rings is 1. The number of hydrogen-bond acceptors (Lipinski definition) is 2. The van der Waals surface area contributed by atoms with Gasteiger partial charge in [0.1, 0.15) is 0 Å². The largest absolute Gasteiger partial charge is 0.478 e. The molecular weight excluding hydrogens is 280 g/mol. The van der Waals surface area contributed by atoms with Gasteiger partial charge in [-0.1, -0.05) is 32.4 Å². The molecule has 1 unspecified atom stereocenters. The zero-order valence-corrected chi connectivity index (χ0v) is 12.5. The van der Waals surface area contributed by atoms with Gasteiger partial charge in [-0.15, -0.1) is 0 Å². The van der Waals surface area contributed by atoms with Gasteiger partial charge in [0.05, 0.1) is 11.3 Å². The molecule has 0 heterocycles. The Morgan fingerprint density at radius 3 is 2.50 bits per heavy atom. The quantitative estimate of drug-likeness (QED) is 0.777. The van der Waals surface area contributed by atoms with Crippen molar-refractivity contribution in [2.45, 2.75) is 33.2 Å². The molecule has 0 aromatic heterocycles.